The van der Waals surface area contributed by atoms with Crippen molar-refractivity contribution in [1.29, 1.82) is 0 Å². The number of carbonyl (C=O) groups is 3. The van der Waals surface area contributed by atoms with Gasteiger partial charge in [0.1, 0.15) is 0 Å². The number of amides is 3. The fraction of sp³-hybridized carbons (Fsp3) is 0.912. The number of hydrogen-bond donors (Lipinski definition) is 3. The highest BCUT2D eigenvalue weighted by Gasteiger charge is 2.41. The standard InChI is InChI=1S/C34H65N5O6S/c1-8-11-19-39(36-46(44,45)25(4)5)24-31(40)30(20-26-15-13-12-14-16-26)35-32(41)27-21-28(33(42)37(6)7)23-29(22-27)34(43)38(17-9-2)18-10-3/h25-31,36,40H,8-24H2,1-7H3,(H,35,41). The second-order valence-electron chi connectivity index (χ2n) is 14.3. The van der Waals surface area contributed by atoms with Crippen LogP contribution in [0.25, 0.3) is 0 Å². The van der Waals surface area contributed by atoms with E-state index in [9.17, 15) is 27.9 Å². The van der Waals surface area contributed by atoms with Crippen LogP contribution in [0.4, 0.5) is 0 Å². The number of aliphatic hydroxyl groups is 1. The number of carbonyl (C=O) groups excluding carboxylic acids is 3. The number of sulfonamides is 1. The lowest BCUT2D eigenvalue weighted by Crippen LogP contribution is -2.55. The van der Waals surface area contributed by atoms with Gasteiger partial charge >= 0.3 is 0 Å². The molecule has 5 unspecified atom stereocenters. The number of rotatable bonds is 19. The molecule has 0 aromatic heterocycles. The largest absolute Gasteiger partial charge is 0.390 e. The first kappa shape index (κ1) is 40.4. The minimum atomic E-state index is -3.61. The molecule has 2 rings (SSSR count). The van der Waals surface area contributed by atoms with Crippen molar-refractivity contribution in [1.82, 2.24) is 25.0 Å². The van der Waals surface area contributed by atoms with Crippen molar-refractivity contribution in [3.63, 3.8) is 0 Å². The van der Waals surface area contributed by atoms with Crippen molar-refractivity contribution >= 4 is 27.7 Å². The van der Waals surface area contributed by atoms with Crippen molar-refractivity contribution in [2.75, 3.05) is 40.3 Å². The molecular weight excluding hydrogens is 606 g/mol. The van der Waals surface area contributed by atoms with Crippen LogP contribution in [0.5, 0.6) is 0 Å². The zero-order valence-electron chi connectivity index (χ0n) is 29.8. The monoisotopic (exact) mass is 671 g/mol. The minimum Gasteiger partial charge on any atom is -0.390 e. The summed E-state index contributed by atoms with van der Waals surface area (Å²) in [6.45, 7) is 11.1. The average molecular weight is 672 g/mol. The van der Waals surface area contributed by atoms with Crippen LogP contribution in [-0.2, 0) is 24.4 Å². The molecule has 46 heavy (non-hydrogen) atoms. The van der Waals surface area contributed by atoms with Gasteiger partial charge in [-0.3, -0.25) is 14.4 Å². The third kappa shape index (κ3) is 12.7. The summed E-state index contributed by atoms with van der Waals surface area (Å²) in [5.41, 5.74) is 0. The highest BCUT2D eigenvalue weighted by atomic mass is 32.2. The minimum absolute atomic E-state index is 0.0144. The van der Waals surface area contributed by atoms with Gasteiger partial charge < -0.3 is 20.2 Å². The topological polar surface area (TPSA) is 139 Å². The SMILES string of the molecule is CCCCN(CC(O)C(CC1CCCCC1)NC(=O)C1CC(C(=O)N(C)C)CC(C(=O)N(CCC)CCC)C1)NS(=O)(=O)C(C)C. The molecule has 268 valence electrons. The Balaban J connectivity index is 2.32. The van der Waals surface area contributed by atoms with E-state index in [0.29, 0.717) is 51.2 Å². The summed E-state index contributed by atoms with van der Waals surface area (Å²) in [5.74, 6) is -1.35. The average Bonchev–Trinajstić information content (AvgIpc) is 3.02. The van der Waals surface area contributed by atoms with Crippen molar-refractivity contribution in [2.24, 2.45) is 23.7 Å². The van der Waals surface area contributed by atoms with Crippen LogP contribution in [0.1, 0.15) is 118 Å². The number of nitrogens with zero attached hydrogens (tertiary/aromatic N) is 3. The molecule has 11 nitrogen and oxygen atoms in total. The van der Waals surface area contributed by atoms with E-state index in [2.05, 4.69) is 10.1 Å². The zero-order valence-corrected chi connectivity index (χ0v) is 30.6. The molecule has 0 aromatic rings. The molecule has 0 bridgehead atoms. The molecule has 2 aliphatic rings. The highest BCUT2D eigenvalue weighted by Crippen LogP contribution is 2.36. The Morgan fingerprint density at radius 2 is 1.39 bits per heavy atom. The highest BCUT2D eigenvalue weighted by molar-refractivity contribution is 7.90. The number of unbranched alkanes of at least 4 members (excludes halogenated alkanes) is 1. The lowest BCUT2D eigenvalue weighted by Gasteiger charge is -2.38. The molecule has 3 N–H and O–H groups in total. The molecule has 2 saturated carbocycles. The first-order chi connectivity index (χ1) is 21.7. The van der Waals surface area contributed by atoms with Crippen LogP contribution in [0.15, 0.2) is 0 Å². The van der Waals surface area contributed by atoms with E-state index in [1.807, 2.05) is 25.7 Å². The first-order valence-corrected chi connectivity index (χ1v) is 19.5. The van der Waals surface area contributed by atoms with E-state index in [0.717, 1.165) is 51.4 Å². The number of hydrazine groups is 1. The zero-order chi connectivity index (χ0) is 34.4. The van der Waals surface area contributed by atoms with Gasteiger partial charge in [-0.1, -0.05) is 59.3 Å². The maximum Gasteiger partial charge on any atom is 0.226 e. The van der Waals surface area contributed by atoms with Gasteiger partial charge in [0.15, 0.2) is 0 Å². The van der Waals surface area contributed by atoms with Crippen LogP contribution in [-0.4, -0.2) is 104 Å². The van der Waals surface area contributed by atoms with Crippen LogP contribution in [0, 0.1) is 23.7 Å². The van der Waals surface area contributed by atoms with Crippen LogP contribution < -0.4 is 10.1 Å². The van der Waals surface area contributed by atoms with Gasteiger partial charge in [0, 0.05) is 58.0 Å². The molecule has 0 aliphatic heterocycles. The number of nitrogens with one attached hydrogen (secondary N) is 2. The Bertz CT molecular complexity index is 1040. The summed E-state index contributed by atoms with van der Waals surface area (Å²) in [6, 6.07) is -0.584. The molecule has 12 heteroatoms. The fourth-order valence-electron chi connectivity index (χ4n) is 6.99. The van der Waals surface area contributed by atoms with E-state index >= 15 is 0 Å². The third-order valence-electron chi connectivity index (χ3n) is 9.69. The summed E-state index contributed by atoms with van der Waals surface area (Å²) in [5, 5.41) is 15.7. The first-order valence-electron chi connectivity index (χ1n) is 18.0. The molecule has 0 saturated heterocycles. The lowest BCUT2D eigenvalue weighted by molar-refractivity contribution is -0.143. The third-order valence-corrected chi connectivity index (χ3v) is 11.4. The van der Waals surface area contributed by atoms with E-state index < -0.39 is 45.2 Å². The Morgan fingerprint density at radius 1 is 0.826 bits per heavy atom. The number of hydrogen-bond acceptors (Lipinski definition) is 7. The van der Waals surface area contributed by atoms with Crippen molar-refractivity contribution < 1.29 is 27.9 Å². The lowest BCUT2D eigenvalue weighted by atomic mass is 9.73. The van der Waals surface area contributed by atoms with Gasteiger partial charge in [-0.25, -0.2) is 13.4 Å². The van der Waals surface area contributed by atoms with Gasteiger partial charge in [-0.2, -0.15) is 0 Å². The predicted octanol–water partition coefficient (Wildman–Crippen LogP) is 3.92. The Labute approximate surface area is 279 Å². The molecule has 5 atom stereocenters. The van der Waals surface area contributed by atoms with Crippen LogP contribution in [0.2, 0.25) is 0 Å². The second kappa shape index (κ2) is 19.9. The summed E-state index contributed by atoms with van der Waals surface area (Å²) in [7, 11) is -0.200. The van der Waals surface area contributed by atoms with Crippen molar-refractivity contribution in [3.8, 4) is 0 Å². The molecule has 0 spiro atoms. The van der Waals surface area contributed by atoms with E-state index in [-0.39, 0.29) is 24.3 Å². The van der Waals surface area contributed by atoms with Crippen LogP contribution in [0.3, 0.4) is 0 Å². The van der Waals surface area contributed by atoms with Gasteiger partial charge in [-0.15, -0.1) is 4.83 Å². The summed E-state index contributed by atoms with van der Waals surface area (Å²) < 4.78 is 25.5. The van der Waals surface area contributed by atoms with Gasteiger partial charge in [0.05, 0.1) is 17.4 Å². The smallest absolute Gasteiger partial charge is 0.226 e. The Hall–Kier alpha value is -1.76. The fourth-order valence-corrected chi connectivity index (χ4v) is 7.72. The molecule has 2 aliphatic carbocycles. The molecule has 0 aromatic carbocycles. The van der Waals surface area contributed by atoms with E-state index in [1.165, 1.54) is 6.42 Å². The maximum atomic E-state index is 14.1. The molecule has 0 heterocycles. The van der Waals surface area contributed by atoms with Crippen LogP contribution >= 0.6 is 0 Å². The van der Waals surface area contributed by atoms with Crippen molar-refractivity contribution in [3.05, 3.63) is 0 Å². The predicted molar refractivity (Wildman–Crippen MR) is 183 cm³/mol. The summed E-state index contributed by atoms with van der Waals surface area (Å²) in [4.78, 5) is 47.0. The molecule has 3 amide bonds. The van der Waals surface area contributed by atoms with Gasteiger partial charge in [0.2, 0.25) is 27.7 Å². The second-order valence-corrected chi connectivity index (χ2v) is 16.5. The summed E-state index contributed by atoms with van der Waals surface area (Å²) >= 11 is 0. The van der Waals surface area contributed by atoms with Gasteiger partial charge in [0.25, 0.3) is 0 Å². The normalized spacial score (nSPS) is 22.4. The van der Waals surface area contributed by atoms with Gasteiger partial charge in [-0.05, 0) is 64.7 Å². The van der Waals surface area contributed by atoms with Crippen molar-refractivity contribution in [2.45, 2.75) is 135 Å². The Morgan fingerprint density at radius 3 is 1.91 bits per heavy atom. The number of aliphatic hydroxyl groups excluding tert-OH is 1. The molecule has 2 fully saturated rings. The maximum absolute atomic E-state index is 14.1. The Kier molecular flexibility index (Phi) is 17.5. The van der Waals surface area contributed by atoms with E-state index in [4.69, 9.17) is 0 Å². The summed E-state index contributed by atoms with van der Waals surface area (Å²) in [6.07, 6.45) is 9.51. The molecule has 0 radical (unpaired) electrons. The quantitative estimate of drug-likeness (QED) is 0.177. The van der Waals surface area contributed by atoms with E-state index in [1.54, 1.807) is 37.9 Å². The molecular formula is C34H65N5O6S.